The summed E-state index contributed by atoms with van der Waals surface area (Å²) >= 11 is 6.08. The van der Waals surface area contributed by atoms with E-state index in [1.54, 1.807) is 23.1 Å². The minimum absolute atomic E-state index is 0.0294. The zero-order valence-corrected chi connectivity index (χ0v) is 19.7. The molecule has 34 heavy (non-hydrogen) atoms. The van der Waals surface area contributed by atoms with Crippen LogP contribution in [0, 0.1) is 22.7 Å². The molecular weight excluding hydrogens is 454 g/mol. The summed E-state index contributed by atoms with van der Waals surface area (Å²) in [6, 6.07) is 7.91. The van der Waals surface area contributed by atoms with Crippen molar-refractivity contribution in [3.8, 4) is 6.07 Å². The topological polar surface area (TPSA) is 118 Å². The van der Waals surface area contributed by atoms with E-state index in [0.717, 1.165) is 36.6 Å². The molecule has 3 atom stereocenters. The summed E-state index contributed by atoms with van der Waals surface area (Å²) in [4.78, 5) is 43.8. The van der Waals surface area contributed by atoms with Crippen molar-refractivity contribution < 1.29 is 14.4 Å². The van der Waals surface area contributed by atoms with Crippen LogP contribution in [0.2, 0.25) is 5.02 Å². The highest BCUT2D eigenvalue weighted by Gasteiger charge is 2.52. The van der Waals surface area contributed by atoms with Gasteiger partial charge in [-0.05, 0) is 62.1 Å². The average Bonchev–Trinajstić information content (AvgIpc) is 3.41. The Morgan fingerprint density at radius 3 is 2.82 bits per heavy atom. The van der Waals surface area contributed by atoms with E-state index in [1.165, 1.54) is 0 Å². The lowest BCUT2D eigenvalue weighted by Gasteiger charge is -2.37. The molecule has 2 saturated heterocycles. The van der Waals surface area contributed by atoms with E-state index in [0.29, 0.717) is 36.6 Å². The van der Waals surface area contributed by atoms with Gasteiger partial charge in [0.05, 0.1) is 6.07 Å². The monoisotopic (exact) mass is 481 g/mol. The number of carbonyl (C=O) groups is 3. The molecule has 3 amide bonds. The van der Waals surface area contributed by atoms with Gasteiger partial charge in [0.25, 0.3) is 5.91 Å². The second-order valence-corrected chi connectivity index (χ2v) is 10.4. The normalized spacial score (nSPS) is 24.4. The number of nitrogens with one attached hydrogen (secondary N) is 3. The lowest BCUT2D eigenvalue weighted by molar-refractivity contribution is -0.128. The number of nitrogens with zero attached hydrogens (tertiary/aromatic N) is 2. The Hall–Kier alpha value is -3.05. The van der Waals surface area contributed by atoms with Crippen LogP contribution in [-0.4, -0.2) is 52.8 Å². The first kappa shape index (κ1) is 22.7. The number of hydrogen-bond donors (Lipinski definition) is 3. The van der Waals surface area contributed by atoms with Crippen molar-refractivity contribution >= 4 is 40.2 Å². The molecule has 1 aromatic carbocycles. The first-order valence-corrected chi connectivity index (χ1v) is 12.3. The van der Waals surface area contributed by atoms with Crippen LogP contribution in [0.3, 0.4) is 0 Å². The van der Waals surface area contributed by atoms with E-state index in [4.69, 9.17) is 11.6 Å². The Bertz CT molecular complexity index is 1180. The van der Waals surface area contributed by atoms with Crippen LogP contribution in [0.25, 0.3) is 10.9 Å². The summed E-state index contributed by atoms with van der Waals surface area (Å²) in [6.45, 7) is 1.18. The first-order chi connectivity index (χ1) is 16.4. The molecule has 1 aromatic heterocycles. The Kier molecular flexibility index (Phi) is 5.98. The summed E-state index contributed by atoms with van der Waals surface area (Å²) < 4.78 is 0. The highest BCUT2D eigenvalue weighted by Crippen LogP contribution is 2.50. The third kappa shape index (κ3) is 4.25. The van der Waals surface area contributed by atoms with Crippen molar-refractivity contribution in [1.29, 1.82) is 5.26 Å². The fourth-order valence-corrected chi connectivity index (χ4v) is 5.84. The van der Waals surface area contributed by atoms with Crippen molar-refractivity contribution in [3.05, 3.63) is 35.0 Å². The van der Waals surface area contributed by atoms with E-state index < -0.39 is 12.1 Å². The number of piperidine rings is 1. The lowest BCUT2D eigenvalue weighted by atomic mass is 9.67. The largest absolute Gasteiger partial charge is 0.356 e. The van der Waals surface area contributed by atoms with Crippen molar-refractivity contribution in [2.45, 2.75) is 57.0 Å². The summed E-state index contributed by atoms with van der Waals surface area (Å²) in [5.74, 6) is -0.891. The summed E-state index contributed by atoms with van der Waals surface area (Å²) in [5, 5.41) is 16.8. The van der Waals surface area contributed by atoms with Gasteiger partial charge in [-0.3, -0.25) is 14.4 Å². The number of rotatable bonds is 5. The SMILES string of the molecule is N#C[C@H](C[C@@H]1CCCNC1=O)NC(=O)C1CC2(CCC2)CN1C(=O)c1cc2ccc(Cl)cc2[nH]1. The van der Waals surface area contributed by atoms with Gasteiger partial charge in [-0.15, -0.1) is 0 Å². The molecule has 1 aliphatic carbocycles. The zero-order chi connectivity index (χ0) is 23.9. The maximum absolute atomic E-state index is 13.5. The van der Waals surface area contributed by atoms with E-state index in [-0.39, 0.29) is 35.5 Å². The first-order valence-electron chi connectivity index (χ1n) is 11.9. The molecular formula is C25H28ClN5O3. The Morgan fingerprint density at radius 2 is 2.12 bits per heavy atom. The average molecular weight is 482 g/mol. The zero-order valence-electron chi connectivity index (χ0n) is 18.9. The summed E-state index contributed by atoms with van der Waals surface area (Å²) in [6.07, 6.45) is 5.53. The molecule has 1 spiro atoms. The predicted octanol–water partition coefficient (Wildman–Crippen LogP) is 3.13. The Labute approximate surface area is 203 Å². The summed E-state index contributed by atoms with van der Waals surface area (Å²) in [7, 11) is 0. The molecule has 0 radical (unpaired) electrons. The molecule has 5 rings (SSSR count). The molecule has 2 aromatic rings. The van der Waals surface area contributed by atoms with Crippen molar-refractivity contribution in [2.24, 2.45) is 11.3 Å². The minimum Gasteiger partial charge on any atom is -0.356 e. The fourth-order valence-electron chi connectivity index (χ4n) is 5.67. The molecule has 9 heteroatoms. The van der Waals surface area contributed by atoms with Crippen LogP contribution in [0.5, 0.6) is 0 Å². The standard InChI is InChI=1S/C25H28ClN5O3/c26-17-5-4-15-10-20(30-19(15)11-17)24(34)31-14-25(6-2-7-25)12-21(31)23(33)29-18(13-27)9-16-3-1-8-28-22(16)32/h4-5,10-11,16,18,21,30H,1-3,6-9,12,14H2,(H,28,32)(H,29,33)/t16-,18-,21?/m0/s1. The van der Waals surface area contributed by atoms with Crippen LogP contribution in [0.4, 0.5) is 0 Å². The van der Waals surface area contributed by atoms with E-state index >= 15 is 0 Å². The number of H-pyrrole nitrogens is 1. The van der Waals surface area contributed by atoms with Gasteiger partial charge in [-0.25, -0.2) is 0 Å². The molecule has 178 valence electrons. The van der Waals surface area contributed by atoms with Crippen molar-refractivity contribution in [2.75, 3.05) is 13.1 Å². The van der Waals surface area contributed by atoms with Crippen molar-refractivity contribution in [3.63, 3.8) is 0 Å². The van der Waals surface area contributed by atoms with Crippen LogP contribution in [0.1, 0.15) is 55.4 Å². The third-order valence-corrected chi connectivity index (χ3v) is 7.93. The summed E-state index contributed by atoms with van der Waals surface area (Å²) in [5.41, 5.74) is 1.16. The molecule has 0 bridgehead atoms. The molecule has 1 unspecified atom stereocenters. The maximum atomic E-state index is 13.5. The van der Waals surface area contributed by atoms with Gasteiger partial charge in [0.2, 0.25) is 11.8 Å². The number of aromatic nitrogens is 1. The highest BCUT2D eigenvalue weighted by atomic mass is 35.5. The van der Waals surface area contributed by atoms with Gasteiger partial charge in [-0.1, -0.05) is 24.1 Å². The number of nitriles is 1. The molecule has 1 saturated carbocycles. The predicted molar refractivity (Wildman–Crippen MR) is 127 cm³/mol. The number of benzene rings is 1. The van der Waals surface area contributed by atoms with Gasteiger partial charge in [0.15, 0.2) is 0 Å². The van der Waals surface area contributed by atoms with Gasteiger partial charge in [0.1, 0.15) is 17.8 Å². The van der Waals surface area contributed by atoms with Crippen LogP contribution >= 0.6 is 11.6 Å². The molecule has 2 aliphatic heterocycles. The Morgan fingerprint density at radius 1 is 1.29 bits per heavy atom. The Balaban J connectivity index is 1.33. The number of amides is 3. The van der Waals surface area contributed by atoms with Crippen molar-refractivity contribution in [1.82, 2.24) is 20.5 Å². The maximum Gasteiger partial charge on any atom is 0.271 e. The molecule has 3 heterocycles. The second-order valence-electron chi connectivity index (χ2n) is 9.98. The van der Waals surface area contributed by atoms with Crippen LogP contribution < -0.4 is 10.6 Å². The third-order valence-electron chi connectivity index (χ3n) is 7.69. The molecule has 3 N–H and O–H groups in total. The van der Waals surface area contributed by atoms with E-state index in [9.17, 15) is 19.6 Å². The lowest BCUT2D eigenvalue weighted by Crippen LogP contribution is -2.49. The number of likely N-dealkylation sites (tertiary alicyclic amines) is 1. The van der Waals surface area contributed by atoms with Crippen LogP contribution in [-0.2, 0) is 9.59 Å². The minimum atomic E-state index is -0.772. The quantitative estimate of drug-likeness (QED) is 0.607. The number of fused-ring (bicyclic) bond motifs is 1. The number of aromatic amines is 1. The van der Waals surface area contributed by atoms with E-state index in [2.05, 4.69) is 21.7 Å². The van der Waals surface area contributed by atoms with Gasteiger partial charge in [-0.2, -0.15) is 5.26 Å². The van der Waals surface area contributed by atoms with E-state index in [1.807, 2.05) is 6.07 Å². The van der Waals surface area contributed by atoms with Crippen LogP contribution in [0.15, 0.2) is 24.3 Å². The van der Waals surface area contributed by atoms with Gasteiger partial charge >= 0.3 is 0 Å². The molecule has 3 fully saturated rings. The second kappa shape index (κ2) is 8.95. The molecule has 3 aliphatic rings. The highest BCUT2D eigenvalue weighted by molar-refractivity contribution is 6.31. The number of halogens is 1. The smallest absolute Gasteiger partial charge is 0.271 e. The van der Waals surface area contributed by atoms with Gasteiger partial charge < -0.3 is 20.5 Å². The number of carbonyl (C=O) groups excluding carboxylic acids is 3. The molecule has 8 nitrogen and oxygen atoms in total. The van der Waals surface area contributed by atoms with Gasteiger partial charge in [0, 0.05) is 34.9 Å². The number of hydrogen-bond acceptors (Lipinski definition) is 4. The fraction of sp³-hybridized carbons (Fsp3) is 0.520.